The Bertz CT molecular complexity index is 810. The second kappa shape index (κ2) is 6.33. The quantitative estimate of drug-likeness (QED) is 0.720. The molecular formula is C24H34N2O2. The van der Waals surface area contributed by atoms with Crippen LogP contribution in [0.4, 0.5) is 11.4 Å². The Morgan fingerprint density at radius 1 is 1.00 bits per heavy atom. The summed E-state index contributed by atoms with van der Waals surface area (Å²) >= 11 is 0. The molecule has 2 amide bonds. The Hall–Kier alpha value is -1.84. The monoisotopic (exact) mass is 382 g/mol. The van der Waals surface area contributed by atoms with Gasteiger partial charge in [0.05, 0.1) is 5.41 Å². The lowest BCUT2D eigenvalue weighted by atomic mass is 9.40. The van der Waals surface area contributed by atoms with Gasteiger partial charge in [0, 0.05) is 17.3 Å². The lowest BCUT2D eigenvalue weighted by Gasteiger charge is -2.64. The summed E-state index contributed by atoms with van der Waals surface area (Å²) in [6.45, 7) is 10.5. The van der Waals surface area contributed by atoms with Crippen LogP contribution in [0.3, 0.4) is 0 Å². The fourth-order valence-electron chi connectivity index (χ4n) is 7.08. The predicted octanol–water partition coefficient (Wildman–Crippen LogP) is 5.52. The van der Waals surface area contributed by atoms with E-state index in [4.69, 9.17) is 0 Å². The van der Waals surface area contributed by atoms with Crippen LogP contribution in [0, 0.1) is 35.0 Å². The van der Waals surface area contributed by atoms with E-state index in [2.05, 4.69) is 24.5 Å². The Kier molecular flexibility index (Phi) is 4.40. The van der Waals surface area contributed by atoms with Crippen molar-refractivity contribution in [3.8, 4) is 0 Å². The van der Waals surface area contributed by atoms with E-state index in [1.54, 1.807) is 0 Å². The van der Waals surface area contributed by atoms with Gasteiger partial charge in [0.15, 0.2) is 0 Å². The Morgan fingerprint density at radius 2 is 1.64 bits per heavy atom. The van der Waals surface area contributed by atoms with Gasteiger partial charge in [-0.15, -0.1) is 0 Å². The molecule has 4 fully saturated rings. The molecule has 28 heavy (non-hydrogen) atoms. The third-order valence-electron chi connectivity index (χ3n) is 7.39. The van der Waals surface area contributed by atoms with E-state index in [9.17, 15) is 9.59 Å². The number of benzene rings is 1. The van der Waals surface area contributed by atoms with Crippen LogP contribution in [0.15, 0.2) is 18.2 Å². The topological polar surface area (TPSA) is 58.2 Å². The summed E-state index contributed by atoms with van der Waals surface area (Å²) in [5.41, 5.74) is 2.98. The maximum atomic E-state index is 13.5. The first kappa shape index (κ1) is 19.5. The van der Waals surface area contributed by atoms with Crippen molar-refractivity contribution in [2.45, 2.75) is 73.1 Å². The minimum Gasteiger partial charge on any atom is -0.326 e. The highest BCUT2D eigenvalue weighted by Crippen LogP contribution is 2.69. The Morgan fingerprint density at radius 3 is 2.21 bits per heavy atom. The lowest BCUT2D eigenvalue weighted by Crippen LogP contribution is -2.58. The minimum atomic E-state index is -0.230. The van der Waals surface area contributed by atoms with Crippen LogP contribution >= 0.6 is 0 Å². The summed E-state index contributed by atoms with van der Waals surface area (Å²) in [6.07, 6.45) is 6.90. The van der Waals surface area contributed by atoms with Gasteiger partial charge >= 0.3 is 0 Å². The van der Waals surface area contributed by atoms with Crippen LogP contribution in [-0.2, 0) is 9.59 Å². The van der Waals surface area contributed by atoms with Gasteiger partial charge in [-0.3, -0.25) is 9.59 Å². The summed E-state index contributed by atoms with van der Waals surface area (Å²) in [5.74, 6) is 0.787. The molecule has 4 heteroatoms. The molecule has 1 aromatic rings. The maximum absolute atomic E-state index is 13.5. The number of anilines is 2. The van der Waals surface area contributed by atoms with Gasteiger partial charge in [0.25, 0.3) is 0 Å². The SMILES string of the molecule is Cc1ccc(NC(=O)C(C)C)cc1NC(=O)C12CC3CC(C)(CC(C)(C3)C1)C2. The lowest BCUT2D eigenvalue weighted by molar-refractivity contribution is -0.165. The maximum Gasteiger partial charge on any atom is 0.230 e. The first-order chi connectivity index (χ1) is 13.0. The summed E-state index contributed by atoms with van der Waals surface area (Å²) in [5, 5.41) is 6.19. The van der Waals surface area contributed by atoms with Crippen molar-refractivity contribution < 1.29 is 9.59 Å². The van der Waals surface area contributed by atoms with Crippen LogP contribution in [0.25, 0.3) is 0 Å². The first-order valence-electron chi connectivity index (χ1n) is 10.7. The smallest absolute Gasteiger partial charge is 0.230 e. The molecule has 4 aliphatic rings. The number of carbonyl (C=O) groups is 2. The van der Waals surface area contributed by atoms with Crippen LogP contribution < -0.4 is 10.6 Å². The van der Waals surface area contributed by atoms with Crippen LogP contribution in [0.5, 0.6) is 0 Å². The standard InChI is InChI=1S/C24H34N2O2/c1-15(2)20(27)25-18-7-6-16(3)19(8-18)26-21(28)24-11-17-9-22(4,13-24)12-23(5,10-17)14-24/h6-8,15,17H,9-14H2,1-5H3,(H,25,27)(H,26,28). The van der Waals surface area contributed by atoms with Gasteiger partial charge in [-0.05, 0) is 79.9 Å². The van der Waals surface area contributed by atoms with E-state index in [1.165, 1.54) is 19.3 Å². The van der Waals surface area contributed by atoms with E-state index in [0.29, 0.717) is 16.7 Å². The number of hydrogen-bond acceptors (Lipinski definition) is 2. The van der Waals surface area contributed by atoms with E-state index in [-0.39, 0.29) is 23.1 Å². The molecule has 0 heterocycles. The first-order valence-corrected chi connectivity index (χ1v) is 10.7. The highest BCUT2D eigenvalue weighted by atomic mass is 16.2. The van der Waals surface area contributed by atoms with Gasteiger partial charge in [0.1, 0.15) is 0 Å². The summed E-state index contributed by atoms with van der Waals surface area (Å²) in [6, 6.07) is 5.77. The van der Waals surface area contributed by atoms with Crippen LogP contribution in [0.1, 0.15) is 71.8 Å². The second-order valence-electron chi connectivity index (χ2n) is 11.0. The number of hydrogen-bond donors (Lipinski definition) is 2. The Balaban J connectivity index is 1.56. The molecule has 0 saturated heterocycles. The van der Waals surface area contributed by atoms with Crippen molar-refractivity contribution in [2.75, 3.05) is 10.6 Å². The van der Waals surface area contributed by atoms with Crippen molar-refractivity contribution in [2.24, 2.45) is 28.1 Å². The van der Waals surface area contributed by atoms with Crippen molar-refractivity contribution in [1.82, 2.24) is 0 Å². The fourth-order valence-corrected chi connectivity index (χ4v) is 7.08. The molecule has 2 unspecified atom stereocenters. The fraction of sp³-hybridized carbons (Fsp3) is 0.667. The normalized spacial score (nSPS) is 35.9. The molecule has 2 atom stereocenters. The molecule has 4 saturated carbocycles. The number of carbonyl (C=O) groups excluding carboxylic acids is 2. The molecule has 0 aliphatic heterocycles. The molecule has 0 radical (unpaired) electrons. The molecule has 1 aromatic carbocycles. The third-order valence-corrected chi connectivity index (χ3v) is 7.39. The molecule has 4 nitrogen and oxygen atoms in total. The average molecular weight is 383 g/mol. The van der Waals surface area contributed by atoms with Gasteiger partial charge in [-0.1, -0.05) is 33.8 Å². The molecule has 4 bridgehead atoms. The van der Waals surface area contributed by atoms with Gasteiger partial charge in [-0.25, -0.2) is 0 Å². The molecule has 2 N–H and O–H groups in total. The summed E-state index contributed by atoms with van der Waals surface area (Å²) in [4.78, 5) is 25.6. The van der Waals surface area contributed by atoms with Gasteiger partial charge in [0.2, 0.25) is 11.8 Å². The molecule has 0 aromatic heterocycles. The number of aryl methyl sites for hydroxylation is 1. The Labute approximate surface area is 168 Å². The molecular weight excluding hydrogens is 348 g/mol. The zero-order chi connectivity index (χ0) is 20.3. The van der Waals surface area contributed by atoms with Crippen molar-refractivity contribution in [3.63, 3.8) is 0 Å². The molecule has 152 valence electrons. The van der Waals surface area contributed by atoms with Crippen LogP contribution in [0.2, 0.25) is 0 Å². The highest BCUT2D eigenvalue weighted by molar-refractivity contribution is 5.98. The molecule has 4 aliphatic carbocycles. The van der Waals surface area contributed by atoms with E-state index < -0.39 is 0 Å². The van der Waals surface area contributed by atoms with E-state index >= 15 is 0 Å². The average Bonchev–Trinajstić information content (AvgIpc) is 2.54. The minimum absolute atomic E-state index is 0.0111. The zero-order valence-corrected chi connectivity index (χ0v) is 17.9. The van der Waals surface area contributed by atoms with Crippen molar-refractivity contribution in [1.29, 1.82) is 0 Å². The van der Waals surface area contributed by atoms with E-state index in [1.807, 2.05) is 39.0 Å². The van der Waals surface area contributed by atoms with Gasteiger partial charge < -0.3 is 10.6 Å². The summed E-state index contributed by atoms with van der Waals surface area (Å²) < 4.78 is 0. The van der Waals surface area contributed by atoms with Gasteiger partial charge in [-0.2, -0.15) is 0 Å². The highest BCUT2D eigenvalue weighted by Gasteiger charge is 2.62. The molecule has 5 rings (SSSR count). The number of rotatable bonds is 4. The summed E-state index contributed by atoms with van der Waals surface area (Å²) in [7, 11) is 0. The van der Waals surface area contributed by atoms with Crippen molar-refractivity contribution >= 4 is 23.2 Å². The zero-order valence-electron chi connectivity index (χ0n) is 17.9. The van der Waals surface area contributed by atoms with E-state index in [0.717, 1.165) is 36.2 Å². The number of nitrogens with one attached hydrogen (secondary N) is 2. The molecule has 0 spiro atoms. The predicted molar refractivity (Wildman–Crippen MR) is 113 cm³/mol. The number of amides is 2. The van der Waals surface area contributed by atoms with Crippen molar-refractivity contribution in [3.05, 3.63) is 23.8 Å². The largest absolute Gasteiger partial charge is 0.326 e. The third kappa shape index (κ3) is 3.35. The van der Waals surface area contributed by atoms with Crippen LogP contribution in [-0.4, -0.2) is 11.8 Å². The second-order valence-corrected chi connectivity index (χ2v) is 11.0.